The first-order chi connectivity index (χ1) is 7.08. The van der Waals surface area contributed by atoms with E-state index in [1.807, 2.05) is 6.92 Å². The summed E-state index contributed by atoms with van der Waals surface area (Å²) in [7, 11) is 1.80. The Labute approximate surface area is 85.6 Å². The number of imidazole rings is 1. The zero-order chi connectivity index (χ0) is 11.0. The summed E-state index contributed by atoms with van der Waals surface area (Å²) >= 11 is 0. The number of aromatic amines is 1. The lowest BCUT2D eigenvalue weighted by Crippen LogP contribution is -1.95. The summed E-state index contributed by atoms with van der Waals surface area (Å²) in [5, 5.41) is 12.9. The minimum Gasteiger partial charge on any atom is -0.477 e. The number of carboxylic acid groups (broad SMARTS) is 1. The van der Waals surface area contributed by atoms with Crippen LogP contribution in [0.2, 0.25) is 0 Å². The number of aromatic carboxylic acids is 1. The first-order valence-electron chi connectivity index (χ1n) is 4.37. The maximum Gasteiger partial charge on any atom is 0.353 e. The molecular formula is C9H10N4O2. The third-order valence-corrected chi connectivity index (χ3v) is 2.07. The van der Waals surface area contributed by atoms with Gasteiger partial charge in [-0.15, -0.1) is 0 Å². The van der Waals surface area contributed by atoms with E-state index < -0.39 is 5.97 Å². The highest BCUT2D eigenvalue weighted by Crippen LogP contribution is 2.18. The van der Waals surface area contributed by atoms with Crippen molar-refractivity contribution in [1.82, 2.24) is 19.7 Å². The number of carboxylic acids is 1. The monoisotopic (exact) mass is 206 g/mol. The van der Waals surface area contributed by atoms with E-state index in [9.17, 15) is 4.79 Å². The van der Waals surface area contributed by atoms with Crippen molar-refractivity contribution in [3.63, 3.8) is 0 Å². The van der Waals surface area contributed by atoms with Crippen molar-refractivity contribution in [3.05, 3.63) is 23.8 Å². The minimum absolute atomic E-state index is 0.0771. The molecule has 6 nitrogen and oxygen atoms in total. The Hall–Kier alpha value is -2.11. The van der Waals surface area contributed by atoms with Gasteiger partial charge < -0.3 is 10.1 Å². The van der Waals surface area contributed by atoms with Crippen LogP contribution in [0.3, 0.4) is 0 Å². The molecule has 0 saturated heterocycles. The maximum absolute atomic E-state index is 10.6. The topological polar surface area (TPSA) is 83.8 Å². The molecule has 0 bridgehead atoms. The molecule has 0 amide bonds. The third-order valence-electron chi connectivity index (χ3n) is 2.07. The standard InChI is InChI=1S/C9H10N4O2/c1-5-6(4-13(2)12-5)8-10-3-7(11-8)9(14)15/h3-4H,1-2H3,(H,10,11)(H,14,15). The fourth-order valence-corrected chi connectivity index (χ4v) is 1.40. The van der Waals surface area contributed by atoms with Crippen LogP contribution in [0.5, 0.6) is 0 Å². The Bertz CT molecular complexity index is 512. The van der Waals surface area contributed by atoms with Gasteiger partial charge in [-0.2, -0.15) is 5.10 Å². The molecule has 15 heavy (non-hydrogen) atoms. The van der Waals surface area contributed by atoms with Gasteiger partial charge in [0.25, 0.3) is 0 Å². The van der Waals surface area contributed by atoms with Gasteiger partial charge in [-0.1, -0.05) is 0 Å². The molecule has 0 radical (unpaired) electrons. The minimum atomic E-state index is -1.02. The summed E-state index contributed by atoms with van der Waals surface area (Å²) in [5.74, 6) is -0.492. The zero-order valence-corrected chi connectivity index (χ0v) is 8.35. The smallest absolute Gasteiger partial charge is 0.353 e. The average Bonchev–Trinajstić information content (AvgIpc) is 2.71. The SMILES string of the molecule is Cc1nn(C)cc1-c1ncc(C(=O)O)[nH]1. The van der Waals surface area contributed by atoms with E-state index in [-0.39, 0.29) is 5.69 Å². The van der Waals surface area contributed by atoms with Gasteiger partial charge in [0.2, 0.25) is 0 Å². The average molecular weight is 206 g/mol. The van der Waals surface area contributed by atoms with Crippen molar-refractivity contribution in [2.75, 3.05) is 0 Å². The van der Waals surface area contributed by atoms with Gasteiger partial charge in [-0.05, 0) is 6.92 Å². The van der Waals surface area contributed by atoms with Crippen molar-refractivity contribution in [2.45, 2.75) is 6.92 Å². The van der Waals surface area contributed by atoms with Crippen LogP contribution in [-0.4, -0.2) is 30.8 Å². The molecule has 0 fully saturated rings. The normalized spacial score (nSPS) is 10.5. The lowest BCUT2D eigenvalue weighted by atomic mass is 10.2. The summed E-state index contributed by atoms with van der Waals surface area (Å²) in [4.78, 5) is 17.4. The first-order valence-corrected chi connectivity index (χ1v) is 4.37. The summed E-state index contributed by atoms with van der Waals surface area (Å²) < 4.78 is 1.66. The van der Waals surface area contributed by atoms with E-state index in [0.29, 0.717) is 5.82 Å². The number of aryl methyl sites for hydroxylation is 2. The second-order valence-electron chi connectivity index (χ2n) is 3.25. The number of nitrogens with one attached hydrogen (secondary N) is 1. The van der Waals surface area contributed by atoms with E-state index in [4.69, 9.17) is 5.11 Å². The van der Waals surface area contributed by atoms with Crippen molar-refractivity contribution >= 4 is 5.97 Å². The molecular weight excluding hydrogens is 196 g/mol. The molecule has 0 atom stereocenters. The molecule has 2 heterocycles. The van der Waals surface area contributed by atoms with E-state index in [2.05, 4.69) is 15.1 Å². The number of carbonyl (C=O) groups is 1. The molecule has 2 rings (SSSR count). The van der Waals surface area contributed by atoms with E-state index >= 15 is 0 Å². The molecule has 0 unspecified atom stereocenters. The van der Waals surface area contributed by atoms with Crippen molar-refractivity contribution in [1.29, 1.82) is 0 Å². The van der Waals surface area contributed by atoms with Crippen molar-refractivity contribution < 1.29 is 9.90 Å². The first kappa shape index (κ1) is 9.45. The second kappa shape index (κ2) is 3.23. The molecule has 2 N–H and O–H groups in total. The van der Waals surface area contributed by atoms with Gasteiger partial charge in [0.15, 0.2) is 0 Å². The van der Waals surface area contributed by atoms with Crippen LogP contribution in [0.1, 0.15) is 16.2 Å². The number of hydrogen-bond acceptors (Lipinski definition) is 3. The van der Waals surface area contributed by atoms with Crippen molar-refractivity contribution in [2.24, 2.45) is 7.05 Å². The van der Waals surface area contributed by atoms with Gasteiger partial charge >= 0.3 is 5.97 Å². The van der Waals surface area contributed by atoms with Gasteiger partial charge in [-0.3, -0.25) is 4.68 Å². The van der Waals surface area contributed by atoms with E-state index in [0.717, 1.165) is 11.3 Å². The Morgan fingerprint density at radius 2 is 2.33 bits per heavy atom. The molecule has 0 aliphatic carbocycles. The third kappa shape index (κ3) is 1.61. The summed E-state index contributed by atoms with van der Waals surface area (Å²) in [6.07, 6.45) is 3.09. The van der Waals surface area contributed by atoms with Gasteiger partial charge in [0.05, 0.1) is 17.5 Å². The lowest BCUT2D eigenvalue weighted by molar-refractivity contribution is 0.0691. The van der Waals surface area contributed by atoms with Crippen LogP contribution >= 0.6 is 0 Å². The van der Waals surface area contributed by atoms with Crippen LogP contribution in [0.15, 0.2) is 12.4 Å². The number of nitrogens with zero attached hydrogens (tertiary/aromatic N) is 3. The molecule has 2 aromatic heterocycles. The Morgan fingerprint density at radius 3 is 2.80 bits per heavy atom. The fourth-order valence-electron chi connectivity index (χ4n) is 1.40. The highest BCUT2D eigenvalue weighted by atomic mass is 16.4. The molecule has 0 aromatic carbocycles. The maximum atomic E-state index is 10.6. The number of aromatic nitrogens is 4. The predicted octanol–water partition coefficient (Wildman–Crippen LogP) is 0.817. The van der Waals surface area contributed by atoms with Crippen LogP contribution in [0.25, 0.3) is 11.4 Å². The molecule has 2 aromatic rings. The molecule has 0 spiro atoms. The van der Waals surface area contributed by atoms with Crippen LogP contribution < -0.4 is 0 Å². The van der Waals surface area contributed by atoms with Gasteiger partial charge in [0, 0.05) is 13.2 Å². The van der Waals surface area contributed by atoms with Gasteiger partial charge in [0.1, 0.15) is 11.5 Å². The second-order valence-corrected chi connectivity index (χ2v) is 3.25. The molecule has 6 heteroatoms. The highest BCUT2D eigenvalue weighted by Gasteiger charge is 2.12. The molecule has 0 aliphatic rings. The Balaban J connectivity index is 2.45. The quantitative estimate of drug-likeness (QED) is 0.761. The Morgan fingerprint density at radius 1 is 1.60 bits per heavy atom. The molecule has 78 valence electrons. The number of rotatable bonds is 2. The summed E-state index contributed by atoms with van der Waals surface area (Å²) in [5.41, 5.74) is 1.70. The molecule has 0 aliphatic heterocycles. The number of H-pyrrole nitrogens is 1. The van der Waals surface area contributed by atoms with Gasteiger partial charge in [-0.25, -0.2) is 9.78 Å². The molecule has 0 saturated carbocycles. The van der Waals surface area contributed by atoms with Crippen molar-refractivity contribution in [3.8, 4) is 11.4 Å². The number of hydrogen-bond donors (Lipinski definition) is 2. The predicted molar refractivity (Wildman–Crippen MR) is 52.5 cm³/mol. The lowest BCUT2D eigenvalue weighted by Gasteiger charge is -1.91. The summed E-state index contributed by atoms with van der Waals surface area (Å²) in [6.45, 7) is 1.85. The summed E-state index contributed by atoms with van der Waals surface area (Å²) in [6, 6.07) is 0. The largest absolute Gasteiger partial charge is 0.477 e. The fraction of sp³-hybridized carbons (Fsp3) is 0.222. The van der Waals surface area contributed by atoms with E-state index in [1.165, 1.54) is 6.20 Å². The highest BCUT2D eigenvalue weighted by molar-refractivity contribution is 5.85. The van der Waals surface area contributed by atoms with E-state index in [1.54, 1.807) is 17.9 Å². The van der Waals surface area contributed by atoms with Crippen LogP contribution in [0, 0.1) is 6.92 Å². The van der Waals surface area contributed by atoms with Crippen LogP contribution in [-0.2, 0) is 7.05 Å². The Kier molecular flexibility index (Phi) is 2.03. The van der Waals surface area contributed by atoms with Crippen LogP contribution in [0.4, 0.5) is 0 Å². The zero-order valence-electron chi connectivity index (χ0n) is 8.35.